The number of halogens is 1. The highest BCUT2D eigenvalue weighted by molar-refractivity contribution is 7.89. The molecule has 3 nitrogen and oxygen atoms in total. The van der Waals surface area contributed by atoms with Gasteiger partial charge in [0.15, 0.2) is 0 Å². The second kappa shape index (κ2) is 4.72. The summed E-state index contributed by atoms with van der Waals surface area (Å²) in [6, 6.07) is 3.56. The molecular formula is C10H14FNO2S. The van der Waals surface area contributed by atoms with Crippen molar-refractivity contribution >= 4 is 10.0 Å². The first-order valence-corrected chi connectivity index (χ1v) is 6.31. The number of benzene rings is 1. The van der Waals surface area contributed by atoms with E-state index in [1.165, 1.54) is 12.1 Å². The van der Waals surface area contributed by atoms with Gasteiger partial charge in [-0.2, -0.15) is 0 Å². The molecule has 0 radical (unpaired) electrons. The van der Waals surface area contributed by atoms with E-state index in [2.05, 4.69) is 0 Å². The third-order valence-corrected chi connectivity index (χ3v) is 3.14. The molecule has 84 valence electrons. The first kappa shape index (κ1) is 12.1. The van der Waals surface area contributed by atoms with E-state index in [1.807, 2.05) is 6.92 Å². The topological polar surface area (TPSA) is 60.2 Å². The molecule has 0 saturated carbocycles. The van der Waals surface area contributed by atoms with Crippen LogP contribution in [0.5, 0.6) is 0 Å². The van der Waals surface area contributed by atoms with Crippen molar-refractivity contribution in [2.24, 2.45) is 5.14 Å². The van der Waals surface area contributed by atoms with Gasteiger partial charge in [-0.05, 0) is 36.6 Å². The Balaban J connectivity index is 3.15. The van der Waals surface area contributed by atoms with Crippen LogP contribution >= 0.6 is 0 Å². The molecule has 5 heteroatoms. The summed E-state index contributed by atoms with van der Waals surface area (Å²) in [5.74, 6) is -0.437. The molecule has 0 aliphatic carbocycles. The molecule has 0 unspecified atom stereocenters. The van der Waals surface area contributed by atoms with Gasteiger partial charge in [0.05, 0.1) is 4.90 Å². The van der Waals surface area contributed by atoms with Crippen molar-refractivity contribution in [3.05, 3.63) is 29.6 Å². The zero-order valence-corrected chi connectivity index (χ0v) is 9.35. The Morgan fingerprint density at radius 2 is 2.07 bits per heavy atom. The summed E-state index contributed by atoms with van der Waals surface area (Å²) in [5.41, 5.74) is 0.458. The monoisotopic (exact) mass is 231 g/mol. The van der Waals surface area contributed by atoms with Crippen LogP contribution in [0.15, 0.2) is 23.1 Å². The van der Waals surface area contributed by atoms with E-state index in [1.54, 1.807) is 0 Å². The van der Waals surface area contributed by atoms with Gasteiger partial charge in [-0.3, -0.25) is 0 Å². The summed E-state index contributed by atoms with van der Waals surface area (Å²) < 4.78 is 35.3. The van der Waals surface area contributed by atoms with E-state index in [0.717, 1.165) is 18.9 Å². The highest BCUT2D eigenvalue weighted by atomic mass is 32.2. The fourth-order valence-electron chi connectivity index (χ4n) is 1.39. The minimum absolute atomic E-state index is 0.0253. The minimum atomic E-state index is -3.75. The predicted octanol–water partition coefficient (Wildman–Crippen LogP) is 1.82. The van der Waals surface area contributed by atoms with Gasteiger partial charge in [-0.15, -0.1) is 0 Å². The molecule has 15 heavy (non-hydrogen) atoms. The van der Waals surface area contributed by atoms with Crippen LogP contribution < -0.4 is 5.14 Å². The van der Waals surface area contributed by atoms with Gasteiger partial charge in [-0.1, -0.05) is 13.3 Å². The van der Waals surface area contributed by atoms with Gasteiger partial charge in [0.25, 0.3) is 0 Å². The van der Waals surface area contributed by atoms with E-state index in [4.69, 9.17) is 5.14 Å². The van der Waals surface area contributed by atoms with Crippen LogP contribution in [0.1, 0.15) is 25.3 Å². The lowest BCUT2D eigenvalue weighted by molar-refractivity contribution is 0.593. The van der Waals surface area contributed by atoms with Gasteiger partial charge < -0.3 is 0 Å². The van der Waals surface area contributed by atoms with Crippen molar-refractivity contribution < 1.29 is 12.8 Å². The average Bonchev–Trinajstić information content (AvgIpc) is 2.12. The van der Waals surface area contributed by atoms with E-state index >= 15 is 0 Å². The van der Waals surface area contributed by atoms with Crippen LogP contribution in [0.2, 0.25) is 0 Å². The smallest absolute Gasteiger partial charge is 0.225 e. The van der Waals surface area contributed by atoms with Crippen LogP contribution in [0.25, 0.3) is 0 Å². The Morgan fingerprint density at radius 1 is 1.40 bits per heavy atom. The van der Waals surface area contributed by atoms with Gasteiger partial charge >= 0.3 is 0 Å². The van der Waals surface area contributed by atoms with Crippen molar-refractivity contribution in [2.45, 2.75) is 31.1 Å². The standard InChI is InChI=1S/C10H14FNO2S/c1-2-3-4-8-7-9(11)5-6-10(8)15(12,13)14/h5-7H,2-4H2,1H3,(H2,12,13,14). The summed E-state index contributed by atoms with van der Waals surface area (Å²) in [6.07, 6.45) is 2.26. The number of sulfonamides is 1. The Labute approximate surface area is 89.2 Å². The molecule has 0 bridgehead atoms. The highest BCUT2D eigenvalue weighted by Gasteiger charge is 2.13. The van der Waals surface area contributed by atoms with E-state index in [0.29, 0.717) is 12.0 Å². The molecule has 0 aromatic heterocycles. The zero-order chi connectivity index (χ0) is 11.5. The Kier molecular flexibility index (Phi) is 3.82. The highest BCUT2D eigenvalue weighted by Crippen LogP contribution is 2.17. The maximum atomic E-state index is 12.9. The molecule has 0 amide bonds. The second-order valence-corrected chi connectivity index (χ2v) is 4.93. The van der Waals surface area contributed by atoms with E-state index in [-0.39, 0.29) is 4.90 Å². The number of hydrogen-bond donors (Lipinski definition) is 1. The summed E-state index contributed by atoms with van der Waals surface area (Å²) in [6.45, 7) is 1.98. The first-order valence-electron chi connectivity index (χ1n) is 4.76. The lowest BCUT2D eigenvalue weighted by Crippen LogP contribution is -2.14. The molecule has 0 saturated heterocycles. The van der Waals surface area contributed by atoms with Crippen molar-refractivity contribution in [1.29, 1.82) is 0 Å². The SMILES string of the molecule is CCCCc1cc(F)ccc1S(N)(=O)=O. The number of aryl methyl sites for hydroxylation is 1. The third kappa shape index (κ3) is 3.28. The van der Waals surface area contributed by atoms with E-state index < -0.39 is 15.8 Å². The molecule has 2 N–H and O–H groups in total. The second-order valence-electron chi connectivity index (χ2n) is 3.40. The fraction of sp³-hybridized carbons (Fsp3) is 0.400. The molecule has 0 spiro atoms. The summed E-state index contributed by atoms with van der Waals surface area (Å²) in [7, 11) is -3.75. The molecule has 1 aromatic rings. The van der Waals surface area contributed by atoms with Gasteiger partial charge in [0.2, 0.25) is 10.0 Å². The third-order valence-electron chi connectivity index (χ3n) is 2.13. The predicted molar refractivity (Wildman–Crippen MR) is 56.4 cm³/mol. The van der Waals surface area contributed by atoms with Crippen molar-refractivity contribution in [2.75, 3.05) is 0 Å². The van der Waals surface area contributed by atoms with Crippen LogP contribution in [-0.2, 0) is 16.4 Å². The van der Waals surface area contributed by atoms with Gasteiger partial charge in [0, 0.05) is 0 Å². The van der Waals surface area contributed by atoms with Crippen molar-refractivity contribution in [1.82, 2.24) is 0 Å². The first-order chi connectivity index (χ1) is 6.95. The minimum Gasteiger partial charge on any atom is -0.225 e. The number of primary sulfonamides is 1. The molecule has 0 heterocycles. The Hall–Kier alpha value is -0.940. The molecule has 0 atom stereocenters. The summed E-state index contributed by atoms with van der Waals surface area (Å²) >= 11 is 0. The maximum absolute atomic E-state index is 12.9. The largest absolute Gasteiger partial charge is 0.238 e. The average molecular weight is 231 g/mol. The summed E-state index contributed by atoms with van der Waals surface area (Å²) in [4.78, 5) is 0.0253. The van der Waals surface area contributed by atoms with Gasteiger partial charge in [-0.25, -0.2) is 17.9 Å². The molecule has 1 rings (SSSR count). The van der Waals surface area contributed by atoms with Crippen LogP contribution in [0.3, 0.4) is 0 Å². The normalized spacial score (nSPS) is 11.7. The quantitative estimate of drug-likeness (QED) is 0.859. The zero-order valence-electron chi connectivity index (χ0n) is 8.53. The van der Waals surface area contributed by atoms with Crippen molar-refractivity contribution in [3.8, 4) is 0 Å². The van der Waals surface area contributed by atoms with E-state index in [9.17, 15) is 12.8 Å². The van der Waals surface area contributed by atoms with Crippen LogP contribution in [0.4, 0.5) is 4.39 Å². The number of unbranched alkanes of at least 4 members (excludes halogenated alkanes) is 1. The van der Waals surface area contributed by atoms with Crippen molar-refractivity contribution in [3.63, 3.8) is 0 Å². The molecular weight excluding hydrogens is 217 g/mol. The Morgan fingerprint density at radius 3 is 2.60 bits per heavy atom. The summed E-state index contributed by atoms with van der Waals surface area (Å²) in [5, 5.41) is 5.03. The molecule has 1 aromatic carbocycles. The molecule has 0 aliphatic rings. The van der Waals surface area contributed by atoms with Crippen LogP contribution in [0, 0.1) is 5.82 Å². The van der Waals surface area contributed by atoms with Gasteiger partial charge in [0.1, 0.15) is 5.82 Å². The lowest BCUT2D eigenvalue weighted by Gasteiger charge is -2.06. The fourth-order valence-corrected chi connectivity index (χ4v) is 2.17. The lowest BCUT2D eigenvalue weighted by atomic mass is 10.1. The van der Waals surface area contributed by atoms with Crippen LogP contribution in [-0.4, -0.2) is 8.42 Å². The Bertz CT molecular complexity index is 443. The molecule has 0 fully saturated rings. The number of rotatable bonds is 4. The number of nitrogens with two attached hydrogens (primary N) is 1. The maximum Gasteiger partial charge on any atom is 0.238 e. The number of hydrogen-bond acceptors (Lipinski definition) is 2. The molecule has 0 aliphatic heterocycles.